The van der Waals surface area contributed by atoms with Gasteiger partial charge in [-0.1, -0.05) is 23.2 Å². The summed E-state index contributed by atoms with van der Waals surface area (Å²) in [6.07, 6.45) is 5.10. The highest BCUT2D eigenvalue weighted by Gasteiger charge is 2.32. The Morgan fingerprint density at radius 1 is 0.698 bits per heavy atom. The van der Waals surface area contributed by atoms with Crippen LogP contribution in [0.15, 0.2) is 36.4 Å². The Balaban J connectivity index is 0.000000164. The van der Waals surface area contributed by atoms with Gasteiger partial charge in [-0.05, 0) is 74.9 Å². The molecule has 2 atom stereocenters. The third-order valence-electron chi connectivity index (χ3n) is 10.7. The molecule has 13 nitrogen and oxygen atoms in total. The lowest BCUT2D eigenvalue weighted by molar-refractivity contribution is -0.141. The van der Waals surface area contributed by atoms with Crippen LogP contribution in [0.2, 0.25) is 10.0 Å². The predicted molar refractivity (Wildman–Crippen MR) is 204 cm³/mol. The molecular weight excluding hydrogens is 723 g/mol. The number of aliphatic hydroxyl groups excluding tert-OH is 1. The van der Waals surface area contributed by atoms with Gasteiger partial charge in [-0.15, -0.1) is 0 Å². The summed E-state index contributed by atoms with van der Waals surface area (Å²) < 4.78 is 10.8. The number of fused-ring (bicyclic) bond motifs is 2. The molecule has 6 heterocycles. The van der Waals surface area contributed by atoms with Gasteiger partial charge >= 0.3 is 5.97 Å². The number of rotatable bonds is 8. The highest BCUT2D eigenvalue weighted by molar-refractivity contribution is 6.32. The van der Waals surface area contributed by atoms with Crippen molar-refractivity contribution in [3.63, 3.8) is 0 Å². The minimum atomic E-state index is -0.850. The molecule has 4 aromatic rings. The normalized spacial score (nSPS) is 21.2. The van der Waals surface area contributed by atoms with Crippen LogP contribution < -0.4 is 10.6 Å². The van der Waals surface area contributed by atoms with E-state index < -0.39 is 11.9 Å². The predicted octanol–water partition coefficient (Wildman–Crippen LogP) is 5.83. The zero-order chi connectivity index (χ0) is 37.1. The second kappa shape index (κ2) is 16.6. The highest BCUT2D eigenvalue weighted by Crippen LogP contribution is 2.33. The van der Waals surface area contributed by atoms with Gasteiger partial charge < -0.3 is 50.1 Å². The van der Waals surface area contributed by atoms with Crippen molar-refractivity contribution in [2.24, 2.45) is 11.8 Å². The SMILES string of the molecule is O=C(O)[C@@H]1CCN(C(=O)c2cc3cc(Cl)cc(NC4CCOCC4)c3[nH]2)C1.O=C(c1cc2cc(Cl)cc(NC3CCOCC3)c2[nH]1)N1CC[C@@H](CO)C1. The molecule has 4 aliphatic heterocycles. The first-order chi connectivity index (χ1) is 25.6. The molecule has 6 N–H and O–H groups in total. The number of aromatic nitrogens is 2. The molecule has 284 valence electrons. The Hall–Kier alpha value is -4.01. The third kappa shape index (κ3) is 8.70. The maximum absolute atomic E-state index is 12.8. The summed E-state index contributed by atoms with van der Waals surface area (Å²) in [5.41, 5.74) is 4.55. The standard InChI is InChI=1S/C19H22ClN3O4.C19H24ClN3O3/c20-13-7-12-8-16(18(24)23-4-1-11(10-23)19(25)26)22-17(12)15(9-13)21-14-2-5-27-6-3-14;20-14-7-13-8-17(19(25)23-4-1-12(10-23)11-24)22-18(13)16(9-14)21-15-2-5-26-6-3-15/h7-9,11,14,21-22H,1-6,10H2,(H,25,26);7-9,12,15,21-22,24H,1-6,10-11H2/t11-;12-/m11/s1. The average molecular weight is 770 g/mol. The molecule has 0 bridgehead atoms. The molecule has 2 aromatic heterocycles. The smallest absolute Gasteiger partial charge is 0.308 e. The summed E-state index contributed by atoms with van der Waals surface area (Å²) in [6.45, 7) is 5.12. The van der Waals surface area contributed by atoms with E-state index in [9.17, 15) is 19.5 Å². The van der Waals surface area contributed by atoms with Crippen LogP contribution in [0.5, 0.6) is 0 Å². The number of carbonyl (C=O) groups is 3. The molecule has 53 heavy (non-hydrogen) atoms. The Labute approximate surface area is 317 Å². The molecule has 4 aliphatic rings. The summed E-state index contributed by atoms with van der Waals surface area (Å²) in [5, 5.41) is 28.5. The number of aromatic amines is 2. The van der Waals surface area contributed by atoms with E-state index in [1.807, 2.05) is 30.3 Å². The van der Waals surface area contributed by atoms with Crippen molar-refractivity contribution in [1.82, 2.24) is 19.8 Å². The van der Waals surface area contributed by atoms with Crippen LogP contribution in [0.3, 0.4) is 0 Å². The van der Waals surface area contributed by atoms with Crippen LogP contribution in [0, 0.1) is 11.8 Å². The van der Waals surface area contributed by atoms with E-state index in [0.29, 0.717) is 59.6 Å². The van der Waals surface area contributed by atoms with Gasteiger partial charge in [0, 0.05) is 98.0 Å². The van der Waals surface area contributed by atoms with Gasteiger partial charge in [-0.2, -0.15) is 0 Å². The summed E-state index contributed by atoms with van der Waals surface area (Å²) in [7, 11) is 0. The largest absolute Gasteiger partial charge is 0.481 e. The molecule has 4 saturated heterocycles. The van der Waals surface area contributed by atoms with Crippen molar-refractivity contribution >= 4 is 74.2 Å². The fourth-order valence-electron chi connectivity index (χ4n) is 7.65. The highest BCUT2D eigenvalue weighted by atomic mass is 35.5. The average Bonchev–Trinajstić information content (AvgIpc) is 3.98. The second-order valence-corrected chi connectivity index (χ2v) is 15.3. The lowest BCUT2D eigenvalue weighted by atomic mass is 10.1. The molecule has 15 heteroatoms. The van der Waals surface area contributed by atoms with Crippen LogP contribution in [0.25, 0.3) is 21.8 Å². The van der Waals surface area contributed by atoms with Gasteiger partial charge in [0.15, 0.2) is 0 Å². The molecule has 0 spiro atoms. The lowest BCUT2D eigenvalue weighted by Crippen LogP contribution is -2.30. The number of aliphatic hydroxyl groups is 1. The van der Waals surface area contributed by atoms with E-state index in [1.165, 1.54) is 0 Å². The number of hydrogen-bond donors (Lipinski definition) is 6. The van der Waals surface area contributed by atoms with Gasteiger partial charge in [0.2, 0.25) is 0 Å². The number of carboxylic acids is 1. The van der Waals surface area contributed by atoms with Gasteiger partial charge in [-0.3, -0.25) is 14.4 Å². The van der Waals surface area contributed by atoms with Crippen molar-refractivity contribution in [3.05, 3.63) is 57.8 Å². The molecule has 0 aliphatic carbocycles. The second-order valence-electron chi connectivity index (χ2n) is 14.4. The van der Waals surface area contributed by atoms with Crippen molar-refractivity contribution in [1.29, 1.82) is 0 Å². The summed E-state index contributed by atoms with van der Waals surface area (Å²) >= 11 is 12.6. The monoisotopic (exact) mass is 768 g/mol. The summed E-state index contributed by atoms with van der Waals surface area (Å²) in [6, 6.07) is 11.8. The van der Waals surface area contributed by atoms with Gasteiger partial charge in [0.1, 0.15) is 11.4 Å². The molecule has 8 rings (SSSR count). The molecule has 0 saturated carbocycles. The van der Waals surface area contributed by atoms with E-state index in [1.54, 1.807) is 15.9 Å². The number of H-pyrrole nitrogens is 2. The summed E-state index contributed by atoms with van der Waals surface area (Å²) in [5.74, 6) is -1.35. The van der Waals surface area contributed by atoms with Crippen molar-refractivity contribution in [2.75, 3.05) is 69.8 Å². The number of ether oxygens (including phenoxy) is 2. The maximum Gasteiger partial charge on any atom is 0.308 e. The fraction of sp³-hybridized carbons (Fsp3) is 0.500. The molecule has 2 amide bonds. The Morgan fingerprint density at radius 2 is 1.17 bits per heavy atom. The van der Waals surface area contributed by atoms with Crippen molar-refractivity contribution < 1.29 is 34.1 Å². The van der Waals surface area contributed by atoms with Crippen molar-refractivity contribution in [2.45, 2.75) is 50.6 Å². The summed E-state index contributed by atoms with van der Waals surface area (Å²) in [4.78, 5) is 46.6. The number of carboxylic acid groups (broad SMARTS) is 1. The van der Waals surface area contributed by atoms with Gasteiger partial charge in [0.05, 0.1) is 28.3 Å². The van der Waals surface area contributed by atoms with Crippen LogP contribution >= 0.6 is 23.2 Å². The fourth-order valence-corrected chi connectivity index (χ4v) is 8.10. The number of likely N-dealkylation sites (tertiary alicyclic amines) is 2. The first-order valence-corrected chi connectivity index (χ1v) is 19.2. The zero-order valence-electron chi connectivity index (χ0n) is 29.5. The third-order valence-corrected chi connectivity index (χ3v) is 11.1. The van der Waals surface area contributed by atoms with Crippen molar-refractivity contribution in [3.8, 4) is 0 Å². The number of hydrogen-bond acceptors (Lipinski definition) is 8. The Kier molecular flexibility index (Phi) is 11.7. The Morgan fingerprint density at radius 3 is 1.60 bits per heavy atom. The van der Waals surface area contributed by atoms with Crippen LogP contribution in [-0.2, 0) is 14.3 Å². The molecular formula is C38H46Cl2N6O7. The van der Waals surface area contributed by atoms with E-state index in [4.69, 9.17) is 37.8 Å². The number of amides is 2. The molecule has 4 fully saturated rings. The molecule has 0 radical (unpaired) electrons. The Bertz CT molecular complexity index is 1950. The lowest BCUT2D eigenvalue weighted by Gasteiger charge is -2.24. The first kappa shape index (κ1) is 37.3. The quantitative estimate of drug-likeness (QED) is 0.129. The topological polar surface area (TPSA) is 172 Å². The van der Waals surface area contributed by atoms with Crippen LogP contribution in [0.1, 0.15) is 59.5 Å². The van der Waals surface area contributed by atoms with Gasteiger partial charge in [-0.25, -0.2) is 0 Å². The van der Waals surface area contributed by atoms with Gasteiger partial charge in [0.25, 0.3) is 11.8 Å². The number of benzene rings is 2. The number of nitrogens with one attached hydrogen (secondary N) is 4. The zero-order valence-corrected chi connectivity index (χ0v) is 31.0. The number of aliphatic carboxylic acids is 1. The van der Waals surface area contributed by atoms with E-state index in [0.717, 1.165) is 91.7 Å². The minimum absolute atomic E-state index is 0.0229. The number of anilines is 2. The number of halogens is 2. The van der Waals surface area contributed by atoms with Crippen LogP contribution in [0.4, 0.5) is 11.4 Å². The van der Waals surface area contributed by atoms with E-state index in [-0.39, 0.29) is 30.9 Å². The minimum Gasteiger partial charge on any atom is -0.481 e. The molecule has 2 aromatic carbocycles. The maximum atomic E-state index is 12.8. The molecule has 0 unspecified atom stereocenters. The number of carbonyl (C=O) groups excluding carboxylic acids is 2. The van der Waals surface area contributed by atoms with Crippen LogP contribution in [-0.4, -0.2) is 119 Å². The van der Waals surface area contributed by atoms with E-state index >= 15 is 0 Å². The van der Waals surface area contributed by atoms with E-state index in [2.05, 4.69) is 20.6 Å². The first-order valence-electron chi connectivity index (χ1n) is 18.4. The number of nitrogens with zero attached hydrogens (tertiary/aromatic N) is 2.